The van der Waals surface area contributed by atoms with Gasteiger partial charge in [-0.3, -0.25) is 62.8 Å². The summed E-state index contributed by atoms with van der Waals surface area (Å²) >= 11 is 0. The number of carbonyl (C=O) groups excluding carboxylic acids is 10. The highest BCUT2D eigenvalue weighted by atomic mass is 16.4. The Morgan fingerprint density at radius 1 is 0.478 bits per heavy atom. The molecule has 20 N–H and O–H groups in total. The summed E-state index contributed by atoms with van der Waals surface area (Å²) in [5, 5.41) is 43.6. The van der Waals surface area contributed by atoms with Gasteiger partial charge in [-0.05, 0) is 103 Å². The molecule has 10 amide bonds. The van der Waals surface area contributed by atoms with Crippen molar-refractivity contribution in [1.82, 2.24) is 57.2 Å². The SMILES string of the molecule is CCCCCCCCCCCCCCCCN1CCN(CC(=O)NCC(=O)N[C@@H](Cc2ccc(O)cc2)C(=O)N[C@@H](Cc2ccc3ccccc3c2)C(=O)N[C@@H](CC(C)C)C(=O)N[C@@H](Cc2ccccc2)C(=O)N[C@@H](CCCN=C(N)N)C(=O)N2CCC[C@H]2C(=O)N[C@@H](CCCN=C(N)N)C(=O)N[C@@H](CC(N)=O)C(=O)O)CC1. The average molecular weight is 1570 g/mol. The summed E-state index contributed by atoms with van der Waals surface area (Å²) in [6.07, 6.45) is 17.6. The van der Waals surface area contributed by atoms with Gasteiger partial charge in [0.25, 0.3) is 0 Å². The number of aliphatic imine (C=N–C) groups is 2. The van der Waals surface area contributed by atoms with Gasteiger partial charge < -0.3 is 91.2 Å². The van der Waals surface area contributed by atoms with Crippen molar-refractivity contribution in [3.05, 3.63) is 114 Å². The zero-order chi connectivity index (χ0) is 82.0. The Kier molecular flexibility index (Phi) is 40.3. The molecule has 2 aliphatic heterocycles. The number of phenolic OH excluding ortho intramolecular Hbond substituents is 1. The molecule has 2 fully saturated rings. The van der Waals surface area contributed by atoms with E-state index in [4.69, 9.17) is 28.7 Å². The summed E-state index contributed by atoms with van der Waals surface area (Å²) in [4.78, 5) is 168. The topological polar surface area (TPSA) is 489 Å². The Morgan fingerprint density at radius 2 is 0.947 bits per heavy atom. The number of piperazine rings is 1. The molecule has 0 radical (unpaired) electrons. The third-order valence-electron chi connectivity index (χ3n) is 20.3. The van der Waals surface area contributed by atoms with Crippen molar-refractivity contribution in [2.24, 2.45) is 44.6 Å². The normalized spacial score (nSPS) is 15.5. The number of amides is 10. The van der Waals surface area contributed by atoms with Crippen molar-refractivity contribution in [2.45, 2.75) is 230 Å². The molecular weight excluding hydrogens is 1450 g/mol. The van der Waals surface area contributed by atoms with Crippen LogP contribution in [0.1, 0.15) is 179 Å². The number of hydrogen-bond donors (Lipinski definition) is 15. The Morgan fingerprint density at radius 3 is 1.50 bits per heavy atom. The van der Waals surface area contributed by atoms with Crippen LogP contribution in [-0.4, -0.2) is 216 Å². The van der Waals surface area contributed by atoms with Gasteiger partial charge in [0, 0.05) is 65.1 Å². The molecule has 2 saturated heterocycles. The quantitative estimate of drug-likeness (QED) is 0.0171. The number of primary amides is 1. The van der Waals surface area contributed by atoms with Crippen LogP contribution >= 0.6 is 0 Å². The molecule has 31 heteroatoms. The van der Waals surface area contributed by atoms with Crippen molar-refractivity contribution >= 4 is 87.7 Å². The highest BCUT2D eigenvalue weighted by Crippen LogP contribution is 2.23. The fraction of sp³-hybridized carbons (Fsp3) is 0.573. The minimum Gasteiger partial charge on any atom is -0.508 e. The summed E-state index contributed by atoms with van der Waals surface area (Å²) in [6, 6.07) is 16.6. The summed E-state index contributed by atoms with van der Waals surface area (Å²) in [6.45, 7) is 9.66. The van der Waals surface area contributed by atoms with E-state index in [1.807, 2.05) is 56.3 Å². The number of guanidine groups is 2. The molecular formula is C82H124N18O13. The molecule has 0 aliphatic carbocycles. The largest absolute Gasteiger partial charge is 0.508 e. The smallest absolute Gasteiger partial charge is 0.326 e. The molecule has 0 aromatic heterocycles. The number of aromatic hydroxyl groups is 1. The first-order chi connectivity index (χ1) is 54.2. The molecule has 8 atom stereocenters. The molecule has 0 saturated carbocycles. The zero-order valence-electron chi connectivity index (χ0n) is 66.2. The molecule has 31 nitrogen and oxygen atoms in total. The average Bonchev–Trinajstić information content (AvgIpc) is 1.81. The van der Waals surface area contributed by atoms with Gasteiger partial charge in [0.1, 0.15) is 54.1 Å². The molecule has 2 heterocycles. The van der Waals surface area contributed by atoms with E-state index >= 15 is 19.2 Å². The van der Waals surface area contributed by atoms with Crippen LogP contribution in [0.25, 0.3) is 10.8 Å². The van der Waals surface area contributed by atoms with E-state index in [1.165, 1.54) is 101 Å². The van der Waals surface area contributed by atoms with Crippen LogP contribution in [-0.2, 0) is 72.0 Å². The summed E-state index contributed by atoms with van der Waals surface area (Å²) in [5.74, 6) is -10.1. The fourth-order valence-electron chi connectivity index (χ4n) is 14.1. The number of carboxylic acids is 1. The maximum Gasteiger partial charge on any atom is 0.326 e. The lowest BCUT2D eigenvalue weighted by molar-refractivity contribution is -0.144. The summed E-state index contributed by atoms with van der Waals surface area (Å²) in [7, 11) is 0. The van der Waals surface area contributed by atoms with Crippen LogP contribution in [0.15, 0.2) is 107 Å². The minimum atomic E-state index is -1.74. The summed E-state index contributed by atoms with van der Waals surface area (Å²) in [5.41, 5.74) is 29.4. The first kappa shape index (κ1) is 91.4. The third-order valence-corrected chi connectivity index (χ3v) is 20.3. The van der Waals surface area contributed by atoms with Gasteiger partial charge in [0.15, 0.2) is 11.9 Å². The monoisotopic (exact) mass is 1570 g/mol. The maximum absolute atomic E-state index is 15.2. The number of benzene rings is 4. The Hall–Kier alpha value is -10.4. The molecule has 6 rings (SSSR count). The van der Waals surface area contributed by atoms with Gasteiger partial charge in [0.05, 0.1) is 19.5 Å². The molecule has 2 aliphatic rings. The highest BCUT2D eigenvalue weighted by molar-refractivity contribution is 5.99. The van der Waals surface area contributed by atoms with Crippen LogP contribution in [0.2, 0.25) is 0 Å². The Bertz CT molecular complexity index is 3760. The van der Waals surface area contributed by atoms with Gasteiger partial charge in [-0.1, -0.05) is 189 Å². The second kappa shape index (κ2) is 49.8. The number of nitrogens with zero attached hydrogens (tertiary/aromatic N) is 5. The van der Waals surface area contributed by atoms with Crippen LogP contribution in [0.4, 0.5) is 0 Å². The predicted octanol–water partition coefficient (Wildman–Crippen LogP) is 3.29. The van der Waals surface area contributed by atoms with Gasteiger partial charge in [0.2, 0.25) is 59.1 Å². The first-order valence-electron chi connectivity index (χ1n) is 40.3. The number of hydrogen-bond acceptors (Lipinski definition) is 16. The lowest BCUT2D eigenvalue weighted by atomic mass is 9.98. The molecule has 4 aromatic carbocycles. The number of unbranched alkanes of at least 4 members (excludes halogenated alkanes) is 13. The number of nitrogens with one attached hydrogen (secondary N) is 8. The number of aliphatic carboxylic acids is 1. The maximum atomic E-state index is 15.2. The van der Waals surface area contributed by atoms with E-state index in [0.717, 1.165) is 36.8 Å². The third kappa shape index (κ3) is 34.6. The van der Waals surface area contributed by atoms with Gasteiger partial charge in [-0.2, -0.15) is 0 Å². The highest BCUT2D eigenvalue weighted by Gasteiger charge is 2.41. The van der Waals surface area contributed by atoms with Crippen molar-refractivity contribution in [1.29, 1.82) is 0 Å². The van der Waals surface area contributed by atoms with Crippen LogP contribution < -0.4 is 71.2 Å². The minimum absolute atomic E-state index is 0.0179. The van der Waals surface area contributed by atoms with Gasteiger partial charge in [-0.25, -0.2) is 4.79 Å². The van der Waals surface area contributed by atoms with Crippen LogP contribution in [0, 0.1) is 5.92 Å². The number of carbonyl (C=O) groups is 11. The van der Waals surface area contributed by atoms with E-state index in [-0.39, 0.29) is 113 Å². The number of likely N-dealkylation sites (tertiary alicyclic amines) is 1. The number of phenols is 1. The van der Waals surface area contributed by atoms with Gasteiger partial charge >= 0.3 is 5.97 Å². The van der Waals surface area contributed by atoms with Crippen molar-refractivity contribution < 1.29 is 63.0 Å². The molecule has 4 aromatic rings. The molecule has 0 spiro atoms. The predicted molar refractivity (Wildman–Crippen MR) is 435 cm³/mol. The summed E-state index contributed by atoms with van der Waals surface area (Å²) < 4.78 is 0. The van der Waals surface area contributed by atoms with Crippen molar-refractivity contribution in [3.8, 4) is 5.75 Å². The molecule has 0 bridgehead atoms. The van der Waals surface area contributed by atoms with Crippen molar-refractivity contribution in [3.63, 3.8) is 0 Å². The number of carboxylic acid groups (broad SMARTS) is 1. The van der Waals surface area contributed by atoms with E-state index in [2.05, 4.69) is 69.2 Å². The number of nitrogens with two attached hydrogens (primary N) is 5. The standard InChI is InChI=1S/C82H124N18O13/c1-4-5-6-7-8-9-10-11-12-13-14-15-16-22-41-98-43-45-99(46-44-98)54-72(104)90-53-71(103)91-65(50-57-34-37-61(101)38-35-57)75(107)96-67(51-58-33-36-59-28-20-21-29-60(59)48-58)77(109)94-64(47-55(2)3)74(106)95-66(49-56-26-18-17-19-27-56)76(108)93-63(31-24-40-89-82(86)87)79(111)100-42-25-32-69(100)78(110)92-62(30-23-39-88-81(84)85)73(105)97-68(80(112)113)52-70(83)102/h17-21,26-29,33-38,48,55,62-69,101H,4-16,22-25,30-32,39-47,49-54H2,1-3H3,(H2,83,102)(H,90,104)(H,91,103)(H,92,110)(H,93,108)(H,94,109)(H,95,106)(H,96,107)(H,97,105)(H,112,113)(H4,84,85,88)(H4,86,87,89)/t62-,63-,64-,65-,66-,67-,68-,69-/m0/s1. The Labute approximate surface area is 664 Å². The second-order valence-corrected chi connectivity index (χ2v) is 30.1. The van der Waals surface area contributed by atoms with Gasteiger partial charge in [-0.15, -0.1) is 0 Å². The first-order valence-corrected chi connectivity index (χ1v) is 40.3. The van der Waals surface area contributed by atoms with E-state index in [0.29, 0.717) is 36.2 Å². The molecule has 0 unspecified atom stereocenters. The molecule has 620 valence electrons. The number of fused-ring (bicyclic) bond motifs is 1. The zero-order valence-corrected chi connectivity index (χ0v) is 66.2. The van der Waals surface area contributed by atoms with E-state index in [1.54, 1.807) is 42.5 Å². The van der Waals surface area contributed by atoms with E-state index in [9.17, 15) is 43.8 Å². The lowest BCUT2D eigenvalue weighted by Gasteiger charge is -2.34. The fourth-order valence-corrected chi connectivity index (χ4v) is 14.1. The second-order valence-electron chi connectivity index (χ2n) is 30.1. The Balaban J connectivity index is 1.16. The van der Waals surface area contributed by atoms with E-state index < -0.39 is 120 Å². The van der Waals surface area contributed by atoms with Crippen LogP contribution in [0.3, 0.4) is 0 Å². The van der Waals surface area contributed by atoms with Crippen molar-refractivity contribution in [2.75, 3.05) is 65.4 Å². The lowest BCUT2D eigenvalue weighted by Crippen LogP contribution is -2.61. The van der Waals surface area contributed by atoms with Crippen LogP contribution in [0.5, 0.6) is 5.75 Å². The number of rotatable bonds is 52. The molecule has 113 heavy (non-hydrogen) atoms.